The number of carbonyl (C=O) groups is 2. The van der Waals surface area contributed by atoms with E-state index >= 15 is 0 Å². The minimum atomic E-state index is -4.41. The summed E-state index contributed by atoms with van der Waals surface area (Å²) in [7, 11) is -4.41. The lowest BCUT2D eigenvalue weighted by atomic mass is 10.0. The van der Waals surface area contributed by atoms with E-state index in [0.29, 0.717) is 25.8 Å². The molecule has 0 fully saturated rings. The Balaban J connectivity index is 5.07. The first kappa shape index (κ1) is 24.0. The predicted octanol–water partition coefficient (Wildman–Crippen LogP) is 0.603. The molecule has 0 rings (SSSR count). The Morgan fingerprint density at radius 2 is 1.76 bits per heavy atom. The molecule has 0 saturated carbocycles. The van der Waals surface area contributed by atoms with Crippen molar-refractivity contribution in [3.8, 4) is 0 Å². The fourth-order valence-electron chi connectivity index (χ4n) is 2.43. The fourth-order valence-corrected chi connectivity index (χ4v) is 3.28. The third kappa shape index (κ3) is 9.91. The van der Waals surface area contributed by atoms with Gasteiger partial charge in [0.05, 0.1) is 6.04 Å². The van der Waals surface area contributed by atoms with Gasteiger partial charge in [-0.05, 0) is 44.6 Å². The van der Waals surface area contributed by atoms with Crippen LogP contribution in [0.4, 0.5) is 0 Å². The van der Waals surface area contributed by atoms with Crippen molar-refractivity contribution in [2.45, 2.75) is 70.7 Å². The van der Waals surface area contributed by atoms with Gasteiger partial charge in [-0.25, -0.2) is 4.79 Å². The smallest absolute Gasteiger partial charge is 0.342 e. The van der Waals surface area contributed by atoms with E-state index in [0.717, 1.165) is 0 Å². The molecule has 9 nitrogen and oxygen atoms in total. The first-order valence-electron chi connectivity index (χ1n) is 8.57. The summed E-state index contributed by atoms with van der Waals surface area (Å²) in [4.78, 5) is 42.5. The third-order valence-electron chi connectivity index (χ3n) is 3.77. The van der Waals surface area contributed by atoms with Crippen LogP contribution >= 0.6 is 7.60 Å². The number of aliphatic carboxylic acids is 1. The number of amides is 1. The van der Waals surface area contributed by atoms with Crippen molar-refractivity contribution in [1.82, 2.24) is 10.6 Å². The van der Waals surface area contributed by atoms with Crippen molar-refractivity contribution in [3.63, 3.8) is 0 Å². The summed E-state index contributed by atoms with van der Waals surface area (Å²) in [6, 6.07) is -1.93. The fraction of sp³-hybridized carbons (Fsp3) is 0.867. The molecular formula is C15H32N3O6P. The van der Waals surface area contributed by atoms with Crippen molar-refractivity contribution in [1.29, 1.82) is 0 Å². The van der Waals surface area contributed by atoms with Gasteiger partial charge in [0.2, 0.25) is 5.91 Å². The van der Waals surface area contributed by atoms with Crippen molar-refractivity contribution < 1.29 is 29.0 Å². The SMILES string of the molecule is CC[C@H](N[C@@H](CC(C)C)C(=O)N[C@@H](CCCCN)C(=O)O)P(=O)(O)O. The molecule has 0 heterocycles. The Labute approximate surface area is 148 Å². The molecule has 0 aliphatic carbocycles. The number of unbranched alkanes of at least 4 members (excludes halogenated alkanes) is 1. The minimum Gasteiger partial charge on any atom is -0.480 e. The summed E-state index contributed by atoms with van der Waals surface area (Å²) in [6.07, 6.45) is 1.95. The zero-order valence-corrected chi connectivity index (χ0v) is 16.0. The molecule has 148 valence electrons. The molecule has 10 heteroatoms. The van der Waals surface area contributed by atoms with Crippen LogP contribution in [0.15, 0.2) is 0 Å². The highest BCUT2D eigenvalue weighted by Crippen LogP contribution is 2.41. The van der Waals surface area contributed by atoms with Crippen LogP contribution in [-0.4, -0.2) is 51.2 Å². The van der Waals surface area contributed by atoms with Crippen LogP contribution < -0.4 is 16.4 Å². The monoisotopic (exact) mass is 381 g/mol. The number of hydrogen-bond acceptors (Lipinski definition) is 5. The van der Waals surface area contributed by atoms with Gasteiger partial charge in [0.1, 0.15) is 11.8 Å². The Hall–Kier alpha value is -0.990. The minimum absolute atomic E-state index is 0.0815. The Bertz CT molecular complexity index is 468. The maximum atomic E-state index is 12.5. The van der Waals surface area contributed by atoms with Crippen LogP contribution in [0.25, 0.3) is 0 Å². The van der Waals surface area contributed by atoms with Crippen LogP contribution in [-0.2, 0) is 14.2 Å². The lowest BCUT2D eigenvalue weighted by Crippen LogP contribution is -2.52. The van der Waals surface area contributed by atoms with E-state index in [2.05, 4.69) is 10.6 Å². The Kier molecular flexibility index (Phi) is 11.1. The predicted molar refractivity (Wildman–Crippen MR) is 95.0 cm³/mol. The standard InChI is InChI=1S/C15H32N3O6P/c1-4-13(25(22,23)24)17-12(9-10(2)3)14(19)18-11(15(20)21)7-5-6-8-16/h10-13,17H,4-9,16H2,1-3H3,(H,18,19)(H,20,21)(H2,22,23,24)/t11-,12-,13+/m0/s1. The summed E-state index contributed by atoms with van der Waals surface area (Å²) in [6.45, 7) is 5.79. The molecule has 0 radical (unpaired) electrons. The average molecular weight is 381 g/mol. The van der Waals surface area contributed by atoms with Crippen LogP contribution in [0.2, 0.25) is 0 Å². The Morgan fingerprint density at radius 1 is 1.16 bits per heavy atom. The molecule has 0 aliphatic rings. The van der Waals surface area contributed by atoms with E-state index in [9.17, 15) is 29.0 Å². The lowest BCUT2D eigenvalue weighted by Gasteiger charge is -2.27. The molecule has 1 amide bonds. The van der Waals surface area contributed by atoms with Gasteiger partial charge in [-0.2, -0.15) is 0 Å². The maximum absolute atomic E-state index is 12.5. The van der Waals surface area contributed by atoms with E-state index in [-0.39, 0.29) is 18.8 Å². The summed E-state index contributed by atoms with van der Waals surface area (Å²) in [5.74, 6) is -2.78. The summed E-state index contributed by atoms with van der Waals surface area (Å²) < 4.78 is 11.5. The van der Waals surface area contributed by atoms with Gasteiger partial charge in [-0.15, -0.1) is 0 Å². The number of nitrogens with two attached hydrogens (primary N) is 1. The molecule has 0 aromatic rings. The van der Waals surface area contributed by atoms with Crippen LogP contribution in [0, 0.1) is 5.92 Å². The first-order valence-corrected chi connectivity index (χ1v) is 10.3. The molecule has 0 unspecified atom stereocenters. The molecule has 0 bridgehead atoms. The number of rotatable bonds is 13. The van der Waals surface area contributed by atoms with Crippen LogP contribution in [0.5, 0.6) is 0 Å². The second kappa shape index (κ2) is 11.6. The van der Waals surface area contributed by atoms with Crippen LogP contribution in [0.3, 0.4) is 0 Å². The van der Waals surface area contributed by atoms with Crippen molar-refractivity contribution in [3.05, 3.63) is 0 Å². The molecule has 0 aromatic heterocycles. The normalized spacial score (nSPS) is 15.6. The molecule has 0 spiro atoms. The topological polar surface area (TPSA) is 162 Å². The zero-order chi connectivity index (χ0) is 19.6. The first-order chi connectivity index (χ1) is 11.5. The van der Waals surface area contributed by atoms with E-state index in [1.54, 1.807) is 6.92 Å². The van der Waals surface area contributed by atoms with Gasteiger partial charge in [0, 0.05) is 0 Å². The van der Waals surface area contributed by atoms with Crippen molar-refractivity contribution in [2.75, 3.05) is 6.54 Å². The lowest BCUT2D eigenvalue weighted by molar-refractivity contribution is -0.142. The van der Waals surface area contributed by atoms with Gasteiger partial charge in [0.25, 0.3) is 0 Å². The highest BCUT2D eigenvalue weighted by molar-refractivity contribution is 7.52. The molecule has 25 heavy (non-hydrogen) atoms. The summed E-state index contributed by atoms with van der Waals surface area (Å²) in [5.41, 5.74) is 5.39. The zero-order valence-electron chi connectivity index (χ0n) is 15.1. The number of carbonyl (C=O) groups excluding carboxylic acids is 1. The molecule has 7 N–H and O–H groups in total. The average Bonchev–Trinajstić information content (AvgIpc) is 2.48. The summed E-state index contributed by atoms with van der Waals surface area (Å²) >= 11 is 0. The highest BCUT2D eigenvalue weighted by atomic mass is 31.2. The number of carboxylic acids is 1. The quantitative estimate of drug-likeness (QED) is 0.200. The number of hydrogen-bond donors (Lipinski definition) is 6. The largest absolute Gasteiger partial charge is 0.480 e. The molecule has 0 saturated heterocycles. The van der Waals surface area contributed by atoms with Gasteiger partial charge in [-0.3, -0.25) is 14.7 Å². The van der Waals surface area contributed by atoms with Gasteiger partial charge < -0.3 is 25.9 Å². The second-order valence-electron chi connectivity index (χ2n) is 6.55. The number of carboxylic acid groups (broad SMARTS) is 1. The van der Waals surface area contributed by atoms with Gasteiger partial charge in [0.15, 0.2) is 0 Å². The van der Waals surface area contributed by atoms with E-state index in [1.165, 1.54) is 0 Å². The molecule has 0 aromatic carbocycles. The van der Waals surface area contributed by atoms with E-state index in [1.807, 2.05) is 13.8 Å². The number of nitrogens with one attached hydrogen (secondary N) is 2. The van der Waals surface area contributed by atoms with E-state index in [4.69, 9.17) is 5.73 Å². The van der Waals surface area contributed by atoms with Gasteiger partial charge in [-0.1, -0.05) is 20.8 Å². The second-order valence-corrected chi connectivity index (χ2v) is 8.35. The van der Waals surface area contributed by atoms with Gasteiger partial charge >= 0.3 is 13.6 Å². The van der Waals surface area contributed by atoms with E-state index < -0.39 is 37.3 Å². The molecular weight excluding hydrogens is 349 g/mol. The highest BCUT2D eigenvalue weighted by Gasteiger charge is 2.33. The van der Waals surface area contributed by atoms with Crippen molar-refractivity contribution >= 4 is 19.5 Å². The van der Waals surface area contributed by atoms with Crippen LogP contribution in [0.1, 0.15) is 52.9 Å². The molecule has 0 aliphatic heterocycles. The molecule has 3 atom stereocenters. The van der Waals surface area contributed by atoms with Crippen molar-refractivity contribution in [2.24, 2.45) is 11.7 Å². The summed E-state index contributed by atoms with van der Waals surface area (Å²) in [5, 5.41) is 14.4. The Morgan fingerprint density at radius 3 is 2.16 bits per heavy atom. The maximum Gasteiger partial charge on any atom is 0.342 e. The third-order valence-corrected chi connectivity index (χ3v) is 5.10.